The van der Waals surface area contributed by atoms with Crippen LogP contribution in [0.15, 0.2) is 98.1 Å². The van der Waals surface area contributed by atoms with Crippen molar-refractivity contribution in [3.63, 3.8) is 0 Å². The number of nitro groups is 1. The molecule has 1 amide bonds. The summed E-state index contributed by atoms with van der Waals surface area (Å²) >= 11 is 9.99. The molecule has 1 aromatic heterocycles. The van der Waals surface area contributed by atoms with Crippen LogP contribution in [-0.2, 0) is 19.4 Å². The van der Waals surface area contributed by atoms with Gasteiger partial charge < -0.3 is 5.11 Å². The quantitative estimate of drug-likeness (QED) is 0.0880. The lowest BCUT2D eigenvalue weighted by Gasteiger charge is -2.23. The first-order valence-corrected chi connectivity index (χ1v) is 14.7. The number of aliphatic hydroxyl groups is 1. The monoisotopic (exact) mass is 659 g/mol. The largest absolute Gasteiger partial charge is 0.507 e. The number of carbonyl (C=O) groups excluding carboxylic acids is 2. The molecule has 2 heterocycles. The third-order valence-corrected chi connectivity index (χ3v) is 10.0. The number of anilines is 1. The Labute approximate surface area is 244 Å². The van der Waals surface area contributed by atoms with Gasteiger partial charge in [-0.3, -0.25) is 24.6 Å². The first-order valence-electron chi connectivity index (χ1n) is 11.3. The number of nitrogens with zero attached hydrogens (tertiary/aromatic N) is 3. The number of sulfone groups is 1. The van der Waals surface area contributed by atoms with Gasteiger partial charge >= 0.3 is 5.91 Å². The minimum atomic E-state index is -4.16. The van der Waals surface area contributed by atoms with Crippen LogP contribution in [0.1, 0.15) is 17.2 Å². The average Bonchev–Trinajstić information content (AvgIpc) is 3.52. The lowest BCUT2D eigenvalue weighted by atomic mass is 9.95. The summed E-state index contributed by atoms with van der Waals surface area (Å²) in [4.78, 5) is 41.9. The predicted octanol–water partition coefficient (Wildman–Crippen LogP) is 5.93. The molecule has 1 aliphatic heterocycles. The molecule has 40 heavy (non-hydrogen) atoms. The summed E-state index contributed by atoms with van der Waals surface area (Å²) in [6.07, 6.45) is 1.05. The van der Waals surface area contributed by atoms with Crippen molar-refractivity contribution in [2.45, 2.75) is 15.1 Å². The summed E-state index contributed by atoms with van der Waals surface area (Å²) < 4.78 is 26.9. The first-order chi connectivity index (χ1) is 19.0. The third kappa shape index (κ3) is 4.92. The van der Waals surface area contributed by atoms with Crippen molar-refractivity contribution in [2.75, 3.05) is 4.90 Å². The number of Topliss-reactive ketones (excluding diaryl/α,β-unsaturated/α-hetero) is 1. The molecule has 1 N–H and O–H groups in total. The molecule has 1 saturated heterocycles. The second kappa shape index (κ2) is 10.6. The topological polar surface area (TPSA) is 148 Å². The molecule has 0 bridgehead atoms. The van der Waals surface area contributed by atoms with Crippen molar-refractivity contribution >= 4 is 77.0 Å². The molecule has 0 saturated carbocycles. The Hall–Kier alpha value is -3.91. The Bertz CT molecular complexity index is 1820. The molecule has 3 aromatic carbocycles. The Morgan fingerprint density at radius 3 is 2.38 bits per heavy atom. The number of nitro benzene ring substituents is 1. The zero-order chi connectivity index (χ0) is 28.8. The van der Waals surface area contributed by atoms with Crippen LogP contribution in [0.2, 0.25) is 5.02 Å². The molecular formula is C26H15BrClN3O7S2. The highest BCUT2D eigenvalue weighted by atomic mass is 79.9. The van der Waals surface area contributed by atoms with Gasteiger partial charge in [0.05, 0.1) is 27.6 Å². The zero-order valence-electron chi connectivity index (χ0n) is 19.9. The van der Waals surface area contributed by atoms with Gasteiger partial charge in [0.25, 0.3) is 11.5 Å². The van der Waals surface area contributed by atoms with E-state index in [0.717, 1.165) is 35.4 Å². The number of ketones is 1. The summed E-state index contributed by atoms with van der Waals surface area (Å²) in [5, 5.41) is 22.4. The van der Waals surface area contributed by atoms with Crippen LogP contribution < -0.4 is 4.90 Å². The summed E-state index contributed by atoms with van der Waals surface area (Å²) in [6.45, 7) is 0. The standard InChI is InChI=1S/C26H15BrClN3O7S2/c27-16-3-1-2-15(12-16)22-21(23(32)14-4-6-17(28)7-5-14)24(33)25(34)30(22)26-29-13-20(39-26)40(37,38)19-10-8-18(9-11-19)31(35)36/h1-13,22,32H/b23-21+. The average molecular weight is 661 g/mol. The Kier molecular flexibility index (Phi) is 7.31. The fraction of sp³-hybridized carbons (Fsp3) is 0.0385. The number of halogens is 2. The van der Waals surface area contributed by atoms with Crippen molar-refractivity contribution < 1.29 is 28.0 Å². The van der Waals surface area contributed by atoms with Crippen LogP contribution in [-0.4, -0.2) is 35.1 Å². The van der Waals surface area contributed by atoms with Crippen LogP contribution in [0, 0.1) is 10.1 Å². The van der Waals surface area contributed by atoms with Crippen LogP contribution >= 0.6 is 38.9 Å². The molecule has 1 unspecified atom stereocenters. The van der Waals surface area contributed by atoms with Gasteiger partial charge in [-0.1, -0.05) is 51.0 Å². The summed E-state index contributed by atoms with van der Waals surface area (Å²) in [6, 6.07) is 16.0. The van der Waals surface area contributed by atoms with E-state index in [-0.39, 0.29) is 31.1 Å². The second-order valence-corrected chi connectivity index (χ2v) is 13.0. The first kappa shape index (κ1) is 27.6. The highest BCUT2D eigenvalue weighted by molar-refractivity contribution is 9.10. The number of rotatable bonds is 6. The van der Waals surface area contributed by atoms with Gasteiger partial charge in [-0.05, 0) is 54.1 Å². The Morgan fingerprint density at radius 2 is 1.75 bits per heavy atom. The Balaban J connectivity index is 1.62. The van der Waals surface area contributed by atoms with Gasteiger partial charge in [-0.25, -0.2) is 13.4 Å². The molecule has 1 atom stereocenters. The molecular weight excluding hydrogens is 646 g/mol. The summed E-state index contributed by atoms with van der Waals surface area (Å²) in [7, 11) is -4.16. The summed E-state index contributed by atoms with van der Waals surface area (Å²) in [5.41, 5.74) is 0.226. The van der Waals surface area contributed by atoms with Crippen LogP contribution in [0.3, 0.4) is 0 Å². The zero-order valence-corrected chi connectivity index (χ0v) is 23.9. The minimum Gasteiger partial charge on any atom is -0.507 e. The number of hydrogen-bond donors (Lipinski definition) is 1. The van der Waals surface area contributed by atoms with E-state index in [0.29, 0.717) is 26.4 Å². The molecule has 0 radical (unpaired) electrons. The Morgan fingerprint density at radius 1 is 1.07 bits per heavy atom. The summed E-state index contributed by atoms with van der Waals surface area (Å²) in [5.74, 6) is -2.42. The van der Waals surface area contributed by atoms with Crippen molar-refractivity contribution in [2.24, 2.45) is 0 Å². The number of carbonyl (C=O) groups is 2. The number of benzene rings is 3. The second-order valence-electron chi connectivity index (χ2n) is 8.45. The fourth-order valence-electron chi connectivity index (χ4n) is 4.13. The van der Waals surface area contributed by atoms with Crippen LogP contribution in [0.4, 0.5) is 10.8 Å². The van der Waals surface area contributed by atoms with E-state index in [9.17, 15) is 33.2 Å². The smallest absolute Gasteiger partial charge is 0.301 e. The van der Waals surface area contributed by atoms with E-state index < -0.39 is 38.3 Å². The van der Waals surface area contributed by atoms with E-state index in [1.807, 2.05) is 0 Å². The molecule has 5 rings (SSSR count). The number of aliphatic hydroxyl groups excluding tert-OH is 1. The molecule has 202 valence electrons. The van der Waals surface area contributed by atoms with E-state index in [2.05, 4.69) is 20.9 Å². The van der Waals surface area contributed by atoms with Gasteiger partial charge in [0.1, 0.15) is 9.97 Å². The van der Waals surface area contributed by atoms with E-state index >= 15 is 0 Å². The lowest BCUT2D eigenvalue weighted by molar-refractivity contribution is -0.384. The molecule has 0 aliphatic carbocycles. The highest BCUT2D eigenvalue weighted by Crippen LogP contribution is 2.44. The molecule has 10 nitrogen and oxygen atoms in total. The van der Waals surface area contributed by atoms with E-state index in [1.54, 1.807) is 24.3 Å². The van der Waals surface area contributed by atoms with Crippen molar-refractivity contribution in [3.05, 3.63) is 115 Å². The van der Waals surface area contributed by atoms with Crippen LogP contribution in [0.5, 0.6) is 0 Å². The van der Waals surface area contributed by atoms with E-state index in [4.69, 9.17) is 11.6 Å². The van der Waals surface area contributed by atoms with Crippen molar-refractivity contribution in [3.8, 4) is 0 Å². The van der Waals surface area contributed by atoms with Crippen molar-refractivity contribution in [1.82, 2.24) is 4.98 Å². The normalized spacial score (nSPS) is 16.9. The molecule has 14 heteroatoms. The highest BCUT2D eigenvalue weighted by Gasteiger charge is 2.48. The number of thiazole rings is 1. The third-order valence-electron chi connectivity index (χ3n) is 6.03. The maximum Gasteiger partial charge on any atom is 0.301 e. The number of non-ortho nitro benzene ring substituents is 1. The van der Waals surface area contributed by atoms with Gasteiger partial charge in [0.2, 0.25) is 9.84 Å². The molecule has 4 aromatic rings. The maximum atomic E-state index is 13.4. The molecule has 1 aliphatic rings. The predicted molar refractivity (Wildman–Crippen MR) is 151 cm³/mol. The fourth-order valence-corrected chi connectivity index (χ4v) is 7.22. The van der Waals surface area contributed by atoms with Gasteiger partial charge in [-0.2, -0.15) is 0 Å². The van der Waals surface area contributed by atoms with Gasteiger partial charge in [0.15, 0.2) is 5.13 Å². The number of aromatic nitrogens is 1. The number of amides is 1. The van der Waals surface area contributed by atoms with Gasteiger partial charge in [-0.15, -0.1) is 0 Å². The minimum absolute atomic E-state index is 0.0947. The SMILES string of the molecule is O=C1C(=O)N(c2ncc(S(=O)(=O)c3ccc([N+](=O)[O-])cc3)s2)C(c2cccc(Br)c2)/C1=C(\O)c1ccc(Cl)cc1. The molecule has 0 spiro atoms. The number of hydrogen-bond acceptors (Lipinski definition) is 9. The van der Waals surface area contributed by atoms with Crippen molar-refractivity contribution in [1.29, 1.82) is 0 Å². The van der Waals surface area contributed by atoms with Crippen LogP contribution in [0.25, 0.3) is 5.76 Å². The molecule has 1 fully saturated rings. The lowest BCUT2D eigenvalue weighted by Crippen LogP contribution is -2.29. The van der Waals surface area contributed by atoms with E-state index in [1.165, 1.54) is 24.3 Å². The maximum absolute atomic E-state index is 13.4. The van der Waals surface area contributed by atoms with Gasteiger partial charge in [0, 0.05) is 27.2 Å².